The van der Waals surface area contributed by atoms with Crippen molar-refractivity contribution in [2.45, 2.75) is 32.2 Å². The number of rotatable bonds is 11. The standard InChI is InChI=1S/C27H27Cl2N3O2/c28-21-12-14-22(15-13-21)34-18-6-17-32-25-10-4-3-9-24(25)31-26(32)11-5-16-30-27(33)19-20-7-1-2-8-23(20)29/h1-4,7-10,12-15H,5-6,11,16-19H2,(H,30,33). The Morgan fingerprint density at radius 2 is 1.71 bits per heavy atom. The highest BCUT2D eigenvalue weighted by Gasteiger charge is 2.11. The van der Waals surface area contributed by atoms with Crippen LogP contribution in [0.3, 0.4) is 0 Å². The Bertz CT molecular complexity index is 1240. The van der Waals surface area contributed by atoms with Gasteiger partial charge in [0.2, 0.25) is 5.91 Å². The summed E-state index contributed by atoms with van der Waals surface area (Å²) in [6, 6.07) is 23.0. The summed E-state index contributed by atoms with van der Waals surface area (Å²) >= 11 is 12.1. The zero-order chi connectivity index (χ0) is 23.8. The van der Waals surface area contributed by atoms with Crippen molar-refractivity contribution in [2.24, 2.45) is 0 Å². The Kier molecular flexibility index (Phi) is 8.45. The van der Waals surface area contributed by atoms with Crippen LogP contribution in [-0.2, 0) is 24.2 Å². The van der Waals surface area contributed by atoms with E-state index in [1.54, 1.807) is 6.07 Å². The van der Waals surface area contributed by atoms with Crippen molar-refractivity contribution in [1.82, 2.24) is 14.9 Å². The van der Waals surface area contributed by atoms with Crippen molar-refractivity contribution >= 4 is 40.1 Å². The molecular weight excluding hydrogens is 469 g/mol. The van der Waals surface area contributed by atoms with Gasteiger partial charge in [0, 0.05) is 29.6 Å². The molecule has 5 nitrogen and oxygen atoms in total. The molecule has 4 rings (SSSR count). The van der Waals surface area contributed by atoms with Gasteiger partial charge in [-0.05, 0) is 60.9 Å². The van der Waals surface area contributed by atoms with Gasteiger partial charge in [-0.15, -0.1) is 0 Å². The number of ether oxygens (including phenoxy) is 1. The van der Waals surface area contributed by atoms with E-state index in [9.17, 15) is 4.79 Å². The van der Waals surface area contributed by atoms with E-state index in [1.807, 2.05) is 60.7 Å². The summed E-state index contributed by atoms with van der Waals surface area (Å²) in [6.07, 6.45) is 2.72. The van der Waals surface area contributed by atoms with Crippen LogP contribution in [0.4, 0.5) is 0 Å². The summed E-state index contributed by atoms with van der Waals surface area (Å²) in [5.74, 6) is 1.81. The van der Waals surface area contributed by atoms with E-state index < -0.39 is 0 Å². The largest absolute Gasteiger partial charge is 0.494 e. The Morgan fingerprint density at radius 1 is 0.941 bits per heavy atom. The van der Waals surface area contributed by atoms with Crippen LogP contribution in [-0.4, -0.2) is 28.6 Å². The molecule has 4 aromatic rings. The molecule has 0 atom stereocenters. The molecule has 1 aromatic heterocycles. The molecule has 0 aliphatic heterocycles. The van der Waals surface area contributed by atoms with E-state index in [0.29, 0.717) is 23.2 Å². The maximum absolute atomic E-state index is 12.3. The monoisotopic (exact) mass is 495 g/mol. The van der Waals surface area contributed by atoms with Crippen LogP contribution >= 0.6 is 23.2 Å². The number of nitrogens with one attached hydrogen (secondary N) is 1. The first-order chi connectivity index (χ1) is 16.6. The van der Waals surface area contributed by atoms with Gasteiger partial charge in [0.1, 0.15) is 11.6 Å². The van der Waals surface area contributed by atoms with E-state index in [-0.39, 0.29) is 12.3 Å². The number of benzene rings is 3. The molecule has 1 heterocycles. The number of imidazole rings is 1. The Hall–Kier alpha value is -3.02. The van der Waals surface area contributed by atoms with E-state index in [0.717, 1.165) is 54.0 Å². The second-order valence-electron chi connectivity index (χ2n) is 8.05. The molecule has 1 amide bonds. The topological polar surface area (TPSA) is 56.2 Å². The van der Waals surface area contributed by atoms with Crippen molar-refractivity contribution in [1.29, 1.82) is 0 Å². The lowest BCUT2D eigenvalue weighted by Gasteiger charge is -2.11. The van der Waals surface area contributed by atoms with Crippen LogP contribution in [0.5, 0.6) is 5.75 Å². The lowest BCUT2D eigenvalue weighted by atomic mass is 10.1. The number of hydrogen-bond acceptors (Lipinski definition) is 3. The second-order valence-corrected chi connectivity index (χ2v) is 8.89. The summed E-state index contributed by atoms with van der Waals surface area (Å²) in [5, 5.41) is 4.31. The predicted octanol–water partition coefficient (Wildman–Crippen LogP) is 6.10. The number of nitrogens with zero attached hydrogens (tertiary/aromatic N) is 2. The number of para-hydroxylation sites is 2. The van der Waals surface area contributed by atoms with Gasteiger partial charge in [0.15, 0.2) is 0 Å². The molecule has 0 aliphatic rings. The highest BCUT2D eigenvalue weighted by molar-refractivity contribution is 6.31. The van der Waals surface area contributed by atoms with Crippen molar-refractivity contribution in [3.63, 3.8) is 0 Å². The molecule has 176 valence electrons. The Balaban J connectivity index is 1.29. The number of amides is 1. The number of carbonyl (C=O) groups excluding carboxylic acids is 1. The van der Waals surface area contributed by atoms with Crippen LogP contribution < -0.4 is 10.1 Å². The SMILES string of the molecule is O=C(Cc1ccccc1Cl)NCCCc1nc2ccccc2n1CCCOc1ccc(Cl)cc1. The van der Waals surface area contributed by atoms with Gasteiger partial charge in [0.25, 0.3) is 0 Å². The average Bonchev–Trinajstić information content (AvgIpc) is 3.19. The minimum Gasteiger partial charge on any atom is -0.494 e. The fraction of sp³-hybridized carbons (Fsp3) is 0.259. The zero-order valence-corrected chi connectivity index (χ0v) is 20.4. The summed E-state index contributed by atoms with van der Waals surface area (Å²) in [5.41, 5.74) is 2.94. The van der Waals surface area contributed by atoms with Crippen LogP contribution in [0.15, 0.2) is 72.8 Å². The van der Waals surface area contributed by atoms with Gasteiger partial charge in [-0.25, -0.2) is 4.98 Å². The molecule has 0 radical (unpaired) electrons. The number of aryl methyl sites for hydroxylation is 2. The smallest absolute Gasteiger partial charge is 0.224 e. The Morgan fingerprint density at radius 3 is 2.53 bits per heavy atom. The molecule has 0 unspecified atom stereocenters. The second kappa shape index (κ2) is 11.9. The van der Waals surface area contributed by atoms with Gasteiger partial charge in [-0.1, -0.05) is 53.5 Å². The number of hydrogen-bond donors (Lipinski definition) is 1. The Labute approximate surface area is 209 Å². The molecule has 0 fully saturated rings. The maximum atomic E-state index is 12.3. The van der Waals surface area contributed by atoms with E-state index in [2.05, 4.69) is 16.0 Å². The summed E-state index contributed by atoms with van der Waals surface area (Å²) in [7, 11) is 0. The fourth-order valence-electron chi connectivity index (χ4n) is 3.86. The quantitative estimate of drug-likeness (QED) is 0.255. The third-order valence-electron chi connectivity index (χ3n) is 5.55. The highest BCUT2D eigenvalue weighted by Crippen LogP contribution is 2.19. The summed E-state index contributed by atoms with van der Waals surface area (Å²) in [4.78, 5) is 17.1. The minimum absolute atomic E-state index is 0.0269. The molecule has 0 aliphatic carbocycles. The van der Waals surface area contributed by atoms with E-state index in [1.165, 1.54) is 0 Å². The number of carbonyl (C=O) groups is 1. The predicted molar refractivity (Wildman–Crippen MR) is 138 cm³/mol. The molecular formula is C27H27Cl2N3O2. The van der Waals surface area contributed by atoms with Crippen LogP contribution in [0.25, 0.3) is 11.0 Å². The minimum atomic E-state index is -0.0269. The van der Waals surface area contributed by atoms with Crippen LogP contribution in [0.1, 0.15) is 24.2 Å². The molecule has 0 saturated heterocycles. The average molecular weight is 496 g/mol. The zero-order valence-electron chi connectivity index (χ0n) is 18.8. The van der Waals surface area contributed by atoms with Crippen molar-refractivity contribution < 1.29 is 9.53 Å². The number of halogens is 2. The molecule has 34 heavy (non-hydrogen) atoms. The van der Waals surface area contributed by atoms with E-state index >= 15 is 0 Å². The van der Waals surface area contributed by atoms with Gasteiger partial charge in [0.05, 0.1) is 24.1 Å². The van der Waals surface area contributed by atoms with Gasteiger partial charge in [-0.2, -0.15) is 0 Å². The van der Waals surface area contributed by atoms with Gasteiger partial charge in [-0.3, -0.25) is 4.79 Å². The molecule has 7 heteroatoms. The first-order valence-electron chi connectivity index (χ1n) is 11.4. The van der Waals surface area contributed by atoms with Crippen molar-refractivity contribution in [3.8, 4) is 5.75 Å². The van der Waals surface area contributed by atoms with Gasteiger partial charge >= 0.3 is 0 Å². The molecule has 3 aromatic carbocycles. The van der Waals surface area contributed by atoms with Gasteiger partial charge < -0.3 is 14.6 Å². The van der Waals surface area contributed by atoms with E-state index in [4.69, 9.17) is 32.9 Å². The number of fused-ring (bicyclic) bond motifs is 1. The maximum Gasteiger partial charge on any atom is 0.224 e. The van der Waals surface area contributed by atoms with Crippen LogP contribution in [0.2, 0.25) is 10.0 Å². The normalized spacial score (nSPS) is 11.0. The molecule has 0 bridgehead atoms. The summed E-state index contributed by atoms with van der Waals surface area (Å²) < 4.78 is 8.10. The molecule has 0 spiro atoms. The first-order valence-corrected chi connectivity index (χ1v) is 12.2. The van der Waals surface area contributed by atoms with Crippen LogP contribution in [0, 0.1) is 0 Å². The van der Waals surface area contributed by atoms with Crippen molar-refractivity contribution in [3.05, 3.63) is 94.2 Å². The first kappa shape index (κ1) is 24.1. The molecule has 1 N–H and O–H groups in total. The lowest BCUT2D eigenvalue weighted by Crippen LogP contribution is -2.26. The lowest BCUT2D eigenvalue weighted by molar-refractivity contribution is -0.120. The summed E-state index contributed by atoms with van der Waals surface area (Å²) in [6.45, 7) is 2.00. The highest BCUT2D eigenvalue weighted by atomic mass is 35.5. The third-order valence-corrected chi connectivity index (χ3v) is 6.17. The third kappa shape index (κ3) is 6.52. The molecule has 0 saturated carbocycles. The van der Waals surface area contributed by atoms with Crippen molar-refractivity contribution in [2.75, 3.05) is 13.2 Å². The number of aromatic nitrogens is 2. The fourth-order valence-corrected chi connectivity index (χ4v) is 4.19.